The molecule has 1 fully saturated rings. The summed E-state index contributed by atoms with van der Waals surface area (Å²) in [6.45, 7) is 9.56. The minimum atomic E-state index is 0.146. The zero-order valence-electron chi connectivity index (χ0n) is 15.5. The fourth-order valence-electron chi connectivity index (χ4n) is 3.54. The molecule has 3 heteroatoms. The van der Waals surface area contributed by atoms with Crippen LogP contribution in [0.1, 0.15) is 67.0 Å². The highest BCUT2D eigenvalue weighted by atomic mass is 16.2. The van der Waals surface area contributed by atoms with Crippen LogP contribution >= 0.6 is 0 Å². The molecule has 1 unspecified atom stereocenters. The second kappa shape index (κ2) is 6.12. The maximum absolute atomic E-state index is 13.0. The van der Waals surface area contributed by atoms with Crippen LogP contribution in [-0.2, 0) is 12.5 Å². The Morgan fingerprint density at radius 1 is 1.08 bits per heavy atom. The molecule has 2 heterocycles. The van der Waals surface area contributed by atoms with E-state index in [4.69, 9.17) is 0 Å². The summed E-state index contributed by atoms with van der Waals surface area (Å²) in [6, 6.07) is 13.0. The summed E-state index contributed by atoms with van der Waals surface area (Å²) in [4.78, 5) is 15.0. The molecule has 3 rings (SSSR count). The van der Waals surface area contributed by atoms with Crippen LogP contribution in [0.3, 0.4) is 0 Å². The van der Waals surface area contributed by atoms with Crippen LogP contribution in [-0.4, -0.2) is 21.9 Å². The van der Waals surface area contributed by atoms with Gasteiger partial charge in [-0.2, -0.15) is 0 Å². The van der Waals surface area contributed by atoms with Gasteiger partial charge in [0, 0.05) is 19.3 Å². The molecule has 1 atom stereocenters. The van der Waals surface area contributed by atoms with E-state index in [1.54, 1.807) is 0 Å². The van der Waals surface area contributed by atoms with Crippen LogP contribution in [0.25, 0.3) is 0 Å². The number of carbonyl (C=O) groups is 1. The van der Waals surface area contributed by atoms with Crippen LogP contribution in [0.4, 0.5) is 0 Å². The van der Waals surface area contributed by atoms with Gasteiger partial charge in [0.05, 0.1) is 6.04 Å². The topological polar surface area (TPSA) is 25.2 Å². The average molecular weight is 324 g/mol. The van der Waals surface area contributed by atoms with Gasteiger partial charge in [-0.3, -0.25) is 4.79 Å². The van der Waals surface area contributed by atoms with Crippen molar-refractivity contribution >= 4 is 5.91 Å². The SMILES string of the molecule is Cc1ccc(C(=O)N2CCCC2c2ccc(C(C)(C)C)cc2)n1C. The number of hydrogen-bond acceptors (Lipinski definition) is 1. The van der Waals surface area contributed by atoms with Crippen molar-refractivity contribution in [2.45, 2.75) is 52.0 Å². The standard InChI is InChI=1S/C21H28N2O/c1-15-8-13-19(22(15)5)20(24)23-14-6-7-18(23)16-9-11-17(12-10-16)21(2,3)4/h8-13,18H,6-7,14H2,1-5H3. The van der Waals surface area contributed by atoms with Gasteiger partial charge in [-0.25, -0.2) is 0 Å². The molecule has 1 amide bonds. The molecule has 0 N–H and O–H groups in total. The minimum absolute atomic E-state index is 0.146. The summed E-state index contributed by atoms with van der Waals surface area (Å²) < 4.78 is 1.99. The first-order valence-electron chi connectivity index (χ1n) is 8.83. The van der Waals surface area contributed by atoms with E-state index in [2.05, 4.69) is 45.0 Å². The highest BCUT2D eigenvalue weighted by Gasteiger charge is 2.31. The lowest BCUT2D eigenvalue weighted by molar-refractivity contribution is 0.0725. The molecule has 0 spiro atoms. The molecule has 0 saturated carbocycles. The quantitative estimate of drug-likeness (QED) is 0.792. The Hall–Kier alpha value is -2.03. The molecule has 1 aliphatic rings. The molecule has 0 bridgehead atoms. The van der Waals surface area contributed by atoms with Crippen LogP contribution in [0, 0.1) is 6.92 Å². The van der Waals surface area contributed by atoms with E-state index in [0.29, 0.717) is 0 Å². The van der Waals surface area contributed by atoms with Crippen molar-refractivity contribution in [3.63, 3.8) is 0 Å². The van der Waals surface area contributed by atoms with Crippen molar-refractivity contribution in [2.24, 2.45) is 7.05 Å². The molecule has 1 aromatic heterocycles. The largest absolute Gasteiger partial charge is 0.344 e. The lowest BCUT2D eigenvalue weighted by Gasteiger charge is -2.26. The molecule has 1 aliphatic heterocycles. The molecule has 128 valence electrons. The Morgan fingerprint density at radius 3 is 2.29 bits per heavy atom. The smallest absolute Gasteiger partial charge is 0.270 e. The number of carbonyl (C=O) groups excluding carboxylic acids is 1. The van der Waals surface area contributed by atoms with Gasteiger partial charge in [-0.15, -0.1) is 0 Å². The molecular formula is C21H28N2O. The number of aromatic nitrogens is 1. The maximum Gasteiger partial charge on any atom is 0.270 e. The minimum Gasteiger partial charge on any atom is -0.344 e. The highest BCUT2D eigenvalue weighted by Crippen LogP contribution is 2.34. The average Bonchev–Trinajstić information content (AvgIpc) is 3.14. The van der Waals surface area contributed by atoms with Crippen LogP contribution in [0.2, 0.25) is 0 Å². The Morgan fingerprint density at radius 2 is 1.75 bits per heavy atom. The van der Waals surface area contributed by atoms with E-state index in [9.17, 15) is 4.79 Å². The number of aryl methyl sites for hydroxylation is 1. The fraction of sp³-hybridized carbons (Fsp3) is 0.476. The van der Waals surface area contributed by atoms with E-state index >= 15 is 0 Å². The maximum atomic E-state index is 13.0. The Kier molecular flexibility index (Phi) is 4.29. The predicted molar refractivity (Wildman–Crippen MR) is 98.3 cm³/mol. The van der Waals surface area contributed by atoms with Gasteiger partial charge < -0.3 is 9.47 Å². The first-order valence-corrected chi connectivity index (χ1v) is 8.83. The lowest BCUT2D eigenvalue weighted by atomic mass is 9.86. The number of hydrogen-bond donors (Lipinski definition) is 0. The summed E-state index contributed by atoms with van der Waals surface area (Å²) >= 11 is 0. The van der Waals surface area contributed by atoms with E-state index in [1.807, 2.05) is 35.6 Å². The van der Waals surface area contributed by atoms with Crippen molar-refractivity contribution in [1.82, 2.24) is 9.47 Å². The molecule has 0 radical (unpaired) electrons. The molecule has 2 aromatic rings. The normalized spacial score (nSPS) is 18.2. The van der Waals surface area contributed by atoms with Crippen molar-refractivity contribution in [3.8, 4) is 0 Å². The fourth-order valence-corrected chi connectivity index (χ4v) is 3.54. The number of rotatable bonds is 2. The third kappa shape index (κ3) is 3.00. The van der Waals surface area contributed by atoms with Crippen molar-refractivity contribution in [3.05, 3.63) is 58.9 Å². The van der Waals surface area contributed by atoms with Gasteiger partial charge in [0.2, 0.25) is 0 Å². The van der Waals surface area contributed by atoms with E-state index in [-0.39, 0.29) is 17.4 Å². The zero-order valence-corrected chi connectivity index (χ0v) is 15.5. The predicted octanol–water partition coefficient (Wildman–Crippen LogP) is 4.61. The molecule has 24 heavy (non-hydrogen) atoms. The van der Waals surface area contributed by atoms with Crippen molar-refractivity contribution < 1.29 is 4.79 Å². The van der Waals surface area contributed by atoms with Crippen LogP contribution < -0.4 is 0 Å². The Labute approximate surface area is 145 Å². The van der Waals surface area contributed by atoms with Crippen LogP contribution in [0.15, 0.2) is 36.4 Å². The highest BCUT2D eigenvalue weighted by molar-refractivity contribution is 5.93. The van der Waals surface area contributed by atoms with Crippen molar-refractivity contribution in [1.29, 1.82) is 0 Å². The Bertz CT molecular complexity index is 734. The molecule has 3 nitrogen and oxygen atoms in total. The monoisotopic (exact) mass is 324 g/mol. The molecule has 1 aromatic carbocycles. The van der Waals surface area contributed by atoms with Gasteiger partial charge in [-0.05, 0) is 48.4 Å². The van der Waals surface area contributed by atoms with Crippen molar-refractivity contribution in [2.75, 3.05) is 6.54 Å². The van der Waals surface area contributed by atoms with Gasteiger partial charge >= 0.3 is 0 Å². The van der Waals surface area contributed by atoms with Crippen LogP contribution in [0.5, 0.6) is 0 Å². The number of likely N-dealkylation sites (tertiary alicyclic amines) is 1. The summed E-state index contributed by atoms with van der Waals surface area (Å²) in [6.07, 6.45) is 2.12. The zero-order chi connectivity index (χ0) is 17.5. The van der Waals surface area contributed by atoms with E-state index in [0.717, 1.165) is 30.8 Å². The van der Waals surface area contributed by atoms with Gasteiger partial charge in [0.15, 0.2) is 0 Å². The number of nitrogens with zero attached hydrogens (tertiary/aromatic N) is 2. The first kappa shape index (κ1) is 16.8. The van der Waals surface area contributed by atoms with E-state index in [1.165, 1.54) is 11.1 Å². The third-order valence-electron chi connectivity index (χ3n) is 5.27. The number of benzene rings is 1. The Balaban J connectivity index is 1.85. The first-order chi connectivity index (χ1) is 11.3. The molecule has 0 aliphatic carbocycles. The number of amides is 1. The van der Waals surface area contributed by atoms with E-state index < -0.39 is 0 Å². The summed E-state index contributed by atoms with van der Waals surface area (Å²) in [5.74, 6) is 0.146. The van der Waals surface area contributed by atoms with Gasteiger partial charge in [0.25, 0.3) is 5.91 Å². The lowest BCUT2D eigenvalue weighted by Crippen LogP contribution is -2.32. The molecular weight excluding hydrogens is 296 g/mol. The third-order valence-corrected chi connectivity index (χ3v) is 5.27. The second-order valence-corrected chi connectivity index (χ2v) is 7.95. The second-order valence-electron chi connectivity index (χ2n) is 7.95. The van der Waals surface area contributed by atoms with Gasteiger partial charge in [0.1, 0.15) is 5.69 Å². The summed E-state index contributed by atoms with van der Waals surface area (Å²) in [5, 5.41) is 0. The summed E-state index contributed by atoms with van der Waals surface area (Å²) in [7, 11) is 1.96. The molecule has 1 saturated heterocycles. The van der Waals surface area contributed by atoms with Gasteiger partial charge in [-0.1, -0.05) is 45.0 Å². The summed E-state index contributed by atoms with van der Waals surface area (Å²) in [5.41, 5.74) is 4.64.